The van der Waals surface area contributed by atoms with Gasteiger partial charge >= 0.3 is 6.09 Å². The topological polar surface area (TPSA) is 77.2 Å². The van der Waals surface area contributed by atoms with Crippen molar-refractivity contribution in [3.8, 4) is 0 Å². The number of nitrogens with two attached hydrogens (primary N) is 1. The zero-order valence-corrected chi connectivity index (χ0v) is 9.59. The highest BCUT2D eigenvalue weighted by molar-refractivity contribution is 5.77. The fourth-order valence-corrected chi connectivity index (χ4v) is 1.19. The van der Waals surface area contributed by atoms with Crippen LogP contribution in [0.1, 0.15) is 6.92 Å². The molecule has 0 bridgehead atoms. The molecule has 1 amide bonds. The van der Waals surface area contributed by atoms with Crippen molar-refractivity contribution in [2.45, 2.75) is 6.92 Å². The number of benzene rings is 1. The molecule has 0 aliphatic rings. The van der Waals surface area contributed by atoms with Crippen molar-refractivity contribution in [3.05, 3.63) is 42.6 Å². The molecule has 3 N–H and O–H groups in total. The first-order valence-electron chi connectivity index (χ1n) is 5.21. The summed E-state index contributed by atoms with van der Waals surface area (Å²) in [5.74, 6) is 4.63. The zero-order valence-electron chi connectivity index (χ0n) is 9.59. The van der Waals surface area contributed by atoms with E-state index >= 15 is 0 Å². The van der Waals surface area contributed by atoms with Gasteiger partial charge in [0.2, 0.25) is 0 Å². The van der Waals surface area contributed by atoms with Crippen molar-refractivity contribution < 1.29 is 9.53 Å². The second-order valence-corrected chi connectivity index (χ2v) is 3.06. The second-order valence-electron chi connectivity index (χ2n) is 3.06. The van der Waals surface area contributed by atoms with Gasteiger partial charge in [0.25, 0.3) is 0 Å². The third-order valence-corrected chi connectivity index (χ3v) is 1.91. The van der Waals surface area contributed by atoms with Gasteiger partial charge in [-0.3, -0.25) is 10.4 Å². The standard InChI is InChI=1S/C9H7N.C3H8N2O2/c1-2-6-9-8(4-1)5-3-7-10-9;1-2-7-3(6)5-4/h1-7H;2,4H2,1H3,(H,5,6). The minimum atomic E-state index is -0.595. The molecule has 0 aliphatic carbocycles. The van der Waals surface area contributed by atoms with Crippen LogP contribution >= 0.6 is 0 Å². The van der Waals surface area contributed by atoms with Gasteiger partial charge in [-0.2, -0.15) is 0 Å². The first kappa shape index (κ1) is 12.9. The lowest BCUT2D eigenvalue weighted by atomic mass is 10.2. The fraction of sp³-hybridized carbons (Fsp3) is 0.167. The number of para-hydroxylation sites is 1. The summed E-state index contributed by atoms with van der Waals surface area (Å²) in [6, 6.07) is 12.1. The fourth-order valence-electron chi connectivity index (χ4n) is 1.19. The maximum atomic E-state index is 9.95. The molecule has 1 aromatic carbocycles. The van der Waals surface area contributed by atoms with Crippen LogP contribution in [0.5, 0.6) is 0 Å². The van der Waals surface area contributed by atoms with Gasteiger partial charge in [0, 0.05) is 11.6 Å². The van der Waals surface area contributed by atoms with Crippen LogP contribution in [0.25, 0.3) is 10.9 Å². The van der Waals surface area contributed by atoms with Gasteiger partial charge in [-0.1, -0.05) is 24.3 Å². The Labute approximate surface area is 99.6 Å². The van der Waals surface area contributed by atoms with Crippen LogP contribution < -0.4 is 11.3 Å². The zero-order chi connectivity index (χ0) is 12.5. The molecule has 90 valence electrons. The van der Waals surface area contributed by atoms with Gasteiger partial charge in [-0.15, -0.1) is 0 Å². The quantitative estimate of drug-likeness (QED) is 0.447. The molecule has 17 heavy (non-hydrogen) atoms. The highest BCUT2D eigenvalue weighted by Crippen LogP contribution is 2.07. The number of fused-ring (bicyclic) bond motifs is 1. The van der Waals surface area contributed by atoms with Crippen LogP contribution in [0.4, 0.5) is 4.79 Å². The van der Waals surface area contributed by atoms with Crippen LogP contribution in [-0.2, 0) is 4.74 Å². The number of pyridine rings is 1. The molecule has 0 saturated heterocycles. The second kappa shape index (κ2) is 7.19. The summed E-state index contributed by atoms with van der Waals surface area (Å²) in [6.07, 6.45) is 1.21. The predicted octanol–water partition coefficient (Wildman–Crippen LogP) is 1.84. The summed E-state index contributed by atoms with van der Waals surface area (Å²) in [5, 5.41) is 1.20. The highest BCUT2D eigenvalue weighted by atomic mass is 16.5. The molecule has 0 atom stereocenters. The molecular weight excluding hydrogens is 218 g/mol. The molecule has 1 heterocycles. The number of carbonyl (C=O) groups excluding carboxylic acids is 1. The van der Waals surface area contributed by atoms with Gasteiger partial charge in [0.15, 0.2) is 0 Å². The molecule has 5 nitrogen and oxygen atoms in total. The summed E-state index contributed by atoms with van der Waals surface area (Å²) < 4.78 is 4.32. The van der Waals surface area contributed by atoms with Crippen molar-refractivity contribution in [1.29, 1.82) is 0 Å². The summed E-state index contributed by atoms with van der Waals surface area (Å²) in [6.45, 7) is 2.05. The average Bonchev–Trinajstić information content (AvgIpc) is 2.40. The van der Waals surface area contributed by atoms with Crippen molar-refractivity contribution in [1.82, 2.24) is 10.4 Å². The number of hydrogen-bond acceptors (Lipinski definition) is 4. The Hall–Kier alpha value is -2.14. The van der Waals surface area contributed by atoms with E-state index in [1.165, 1.54) is 5.39 Å². The number of hydrazine groups is 1. The number of nitrogens with one attached hydrogen (secondary N) is 1. The summed E-state index contributed by atoms with van der Waals surface area (Å²) >= 11 is 0. The number of carbonyl (C=O) groups is 1. The molecule has 0 saturated carbocycles. The lowest BCUT2D eigenvalue weighted by molar-refractivity contribution is 0.152. The number of ether oxygens (including phenoxy) is 1. The van der Waals surface area contributed by atoms with Crippen LogP contribution in [-0.4, -0.2) is 17.7 Å². The number of rotatable bonds is 1. The molecule has 0 fully saturated rings. The largest absolute Gasteiger partial charge is 0.449 e. The lowest BCUT2D eigenvalue weighted by Gasteiger charge is -1.95. The summed E-state index contributed by atoms with van der Waals surface area (Å²) in [5.41, 5.74) is 2.86. The maximum absolute atomic E-state index is 9.95. The molecule has 0 radical (unpaired) electrons. The third kappa shape index (κ3) is 4.48. The van der Waals surface area contributed by atoms with E-state index in [2.05, 4.69) is 27.7 Å². The van der Waals surface area contributed by atoms with Crippen molar-refractivity contribution in [2.75, 3.05) is 6.61 Å². The van der Waals surface area contributed by atoms with Gasteiger partial charge < -0.3 is 4.74 Å². The molecule has 0 aliphatic heterocycles. The van der Waals surface area contributed by atoms with Crippen molar-refractivity contribution in [3.63, 3.8) is 0 Å². The molecule has 0 unspecified atom stereocenters. The average molecular weight is 233 g/mol. The molecule has 0 spiro atoms. The van der Waals surface area contributed by atoms with Gasteiger partial charge in [-0.05, 0) is 19.1 Å². The number of nitrogens with zero attached hydrogens (tertiary/aromatic N) is 1. The van der Waals surface area contributed by atoms with Crippen molar-refractivity contribution >= 4 is 17.0 Å². The van der Waals surface area contributed by atoms with Crippen molar-refractivity contribution in [2.24, 2.45) is 5.84 Å². The van der Waals surface area contributed by atoms with Gasteiger partial charge in [-0.25, -0.2) is 10.6 Å². The molecular formula is C12H15N3O2. The molecule has 2 rings (SSSR count). The molecule has 5 heteroatoms. The SMILES string of the molecule is CCOC(=O)NN.c1ccc2ncccc2c1. The Balaban J connectivity index is 0.000000185. The van der Waals surface area contributed by atoms with E-state index < -0.39 is 6.09 Å². The van der Waals surface area contributed by atoms with E-state index in [0.29, 0.717) is 6.61 Å². The predicted molar refractivity (Wildman–Crippen MR) is 66.1 cm³/mol. The number of amides is 1. The van der Waals surface area contributed by atoms with Gasteiger partial charge in [0.05, 0.1) is 12.1 Å². The van der Waals surface area contributed by atoms with Crippen LogP contribution in [0.2, 0.25) is 0 Å². The Morgan fingerprint density at radius 2 is 2.06 bits per heavy atom. The Kier molecular flexibility index (Phi) is 5.46. The Morgan fingerprint density at radius 3 is 2.65 bits per heavy atom. The molecule has 1 aromatic heterocycles. The minimum absolute atomic E-state index is 0.350. The Bertz CT molecular complexity index is 409. The smallest absolute Gasteiger partial charge is 0.421 e. The Morgan fingerprint density at radius 1 is 1.35 bits per heavy atom. The van der Waals surface area contributed by atoms with Gasteiger partial charge in [0.1, 0.15) is 0 Å². The summed E-state index contributed by atoms with van der Waals surface area (Å²) in [4.78, 5) is 14.1. The normalized spacial score (nSPS) is 9.06. The van der Waals surface area contributed by atoms with E-state index in [9.17, 15) is 4.79 Å². The minimum Gasteiger partial charge on any atom is -0.449 e. The van der Waals surface area contributed by atoms with E-state index in [4.69, 9.17) is 0 Å². The first-order chi connectivity index (χ1) is 8.27. The highest BCUT2D eigenvalue weighted by Gasteiger charge is 1.90. The van der Waals surface area contributed by atoms with E-state index in [-0.39, 0.29) is 0 Å². The van der Waals surface area contributed by atoms with Crippen LogP contribution in [0.3, 0.4) is 0 Å². The maximum Gasteiger partial charge on any atom is 0.421 e. The lowest BCUT2D eigenvalue weighted by Crippen LogP contribution is -2.30. The number of aromatic nitrogens is 1. The summed E-state index contributed by atoms with van der Waals surface area (Å²) in [7, 11) is 0. The first-order valence-corrected chi connectivity index (χ1v) is 5.21. The van der Waals surface area contributed by atoms with E-state index in [1.807, 2.05) is 30.5 Å². The van der Waals surface area contributed by atoms with Crippen LogP contribution in [0.15, 0.2) is 42.6 Å². The van der Waals surface area contributed by atoms with Crippen LogP contribution in [0, 0.1) is 0 Å². The third-order valence-electron chi connectivity index (χ3n) is 1.91. The van der Waals surface area contributed by atoms with E-state index in [0.717, 1.165) is 5.52 Å². The van der Waals surface area contributed by atoms with E-state index in [1.54, 1.807) is 12.3 Å². The molecule has 2 aromatic rings. The number of hydrogen-bond donors (Lipinski definition) is 2. The monoisotopic (exact) mass is 233 g/mol.